The summed E-state index contributed by atoms with van der Waals surface area (Å²) < 4.78 is 15.5. The summed E-state index contributed by atoms with van der Waals surface area (Å²) in [5.41, 5.74) is 4.16. The van der Waals surface area contributed by atoms with Gasteiger partial charge in [-0.05, 0) is 50.1 Å². The van der Waals surface area contributed by atoms with Crippen molar-refractivity contribution in [3.05, 3.63) is 64.2 Å². The molecule has 2 aromatic carbocycles. The van der Waals surface area contributed by atoms with E-state index in [1.54, 1.807) is 31.4 Å². The summed E-state index contributed by atoms with van der Waals surface area (Å²) in [4.78, 5) is 24.4. The lowest BCUT2D eigenvalue weighted by Crippen LogP contribution is -2.15. The Morgan fingerprint density at radius 1 is 0.963 bits per heavy atom. The minimum Gasteiger partial charge on any atom is -0.497 e. The predicted octanol–water partition coefficient (Wildman–Crippen LogP) is 4.07. The summed E-state index contributed by atoms with van der Waals surface area (Å²) in [5.74, 6) is 0.416. The van der Waals surface area contributed by atoms with Crippen molar-refractivity contribution in [2.75, 3.05) is 20.8 Å². The van der Waals surface area contributed by atoms with Gasteiger partial charge in [0.1, 0.15) is 11.5 Å². The Bertz CT molecular complexity index is 857. The number of ketones is 1. The molecular weight excluding hydrogens is 344 g/mol. The first kappa shape index (κ1) is 20.2. The standard InChI is InChI=1S/C22H24O5/c1-14-10-15(2)22(16(3)11-14)19(23)13-27-21(24)9-7-17-6-8-18(25-4)12-20(17)26-5/h6-12H,13H2,1-5H3/b9-7+. The number of hydrogen-bond donors (Lipinski definition) is 0. The van der Waals surface area contributed by atoms with Crippen LogP contribution in [0, 0.1) is 20.8 Å². The predicted molar refractivity (Wildman–Crippen MR) is 105 cm³/mol. The molecule has 2 aromatic rings. The number of Topliss-reactive ketones (excluding diaryl/α,β-unsaturated/α-hetero) is 1. The maximum absolute atomic E-state index is 12.4. The molecule has 0 unspecified atom stereocenters. The summed E-state index contributed by atoms with van der Waals surface area (Å²) in [6, 6.07) is 9.14. The fourth-order valence-corrected chi connectivity index (χ4v) is 2.99. The quantitative estimate of drug-likeness (QED) is 0.419. The first-order valence-corrected chi connectivity index (χ1v) is 8.53. The molecule has 0 fully saturated rings. The number of benzene rings is 2. The molecule has 0 aliphatic heterocycles. The van der Waals surface area contributed by atoms with Crippen molar-refractivity contribution in [3.8, 4) is 11.5 Å². The molecule has 142 valence electrons. The van der Waals surface area contributed by atoms with Gasteiger partial charge in [0.25, 0.3) is 0 Å². The Hall–Kier alpha value is -3.08. The van der Waals surface area contributed by atoms with Gasteiger partial charge < -0.3 is 14.2 Å². The minimum atomic E-state index is -0.594. The van der Waals surface area contributed by atoms with Crippen molar-refractivity contribution in [1.29, 1.82) is 0 Å². The van der Waals surface area contributed by atoms with Crippen molar-refractivity contribution in [2.45, 2.75) is 20.8 Å². The first-order chi connectivity index (χ1) is 12.8. The molecule has 0 aliphatic carbocycles. The van der Waals surface area contributed by atoms with Crippen molar-refractivity contribution >= 4 is 17.8 Å². The maximum Gasteiger partial charge on any atom is 0.331 e. The number of ether oxygens (including phenoxy) is 3. The molecule has 0 N–H and O–H groups in total. The molecule has 2 rings (SSSR count). The minimum absolute atomic E-state index is 0.214. The Morgan fingerprint density at radius 3 is 2.22 bits per heavy atom. The third kappa shape index (κ3) is 5.20. The highest BCUT2D eigenvalue weighted by Gasteiger charge is 2.14. The zero-order chi connectivity index (χ0) is 20.0. The topological polar surface area (TPSA) is 61.8 Å². The van der Waals surface area contributed by atoms with Crippen LogP contribution >= 0.6 is 0 Å². The Kier molecular flexibility index (Phi) is 6.77. The Morgan fingerprint density at radius 2 is 1.63 bits per heavy atom. The number of hydrogen-bond acceptors (Lipinski definition) is 5. The SMILES string of the molecule is COc1ccc(/C=C/C(=O)OCC(=O)c2c(C)cc(C)cc2C)c(OC)c1. The van der Waals surface area contributed by atoms with E-state index in [1.165, 1.54) is 13.2 Å². The van der Waals surface area contributed by atoms with Crippen LogP contribution in [-0.4, -0.2) is 32.6 Å². The largest absolute Gasteiger partial charge is 0.497 e. The number of rotatable bonds is 7. The summed E-state index contributed by atoms with van der Waals surface area (Å²) in [5, 5.41) is 0. The van der Waals surface area contributed by atoms with Crippen LogP contribution in [0.15, 0.2) is 36.4 Å². The van der Waals surface area contributed by atoms with Gasteiger partial charge in [-0.2, -0.15) is 0 Å². The van der Waals surface area contributed by atoms with Crippen molar-refractivity contribution in [3.63, 3.8) is 0 Å². The average molecular weight is 368 g/mol. The van der Waals surface area contributed by atoms with E-state index in [1.807, 2.05) is 32.9 Å². The van der Waals surface area contributed by atoms with E-state index in [0.29, 0.717) is 22.6 Å². The van der Waals surface area contributed by atoms with E-state index in [4.69, 9.17) is 14.2 Å². The molecule has 5 nitrogen and oxygen atoms in total. The van der Waals surface area contributed by atoms with Gasteiger partial charge in [0.05, 0.1) is 14.2 Å². The van der Waals surface area contributed by atoms with Gasteiger partial charge in [-0.3, -0.25) is 4.79 Å². The van der Waals surface area contributed by atoms with Crippen LogP contribution in [-0.2, 0) is 9.53 Å². The molecule has 0 aliphatic rings. The molecule has 5 heteroatoms. The lowest BCUT2D eigenvalue weighted by molar-refractivity contribution is -0.136. The van der Waals surface area contributed by atoms with Crippen LogP contribution in [0.4, 0.5) is 0 Å². The highest BCUT2D eigenvalue weighted by atomic mass is 16.5. The van der Waals surface area contributed by atoms with Crippen LogP contribution in [0.25, 0.3) is 6.08 Å². The second-order valence-corrected chi connectivity index (χ2v) is 6.25. The van der Waals surface area contributed by atoms with Crippen molar-refractivity contribution in [2.24, 2.45) is 0 Å². The van der Waals surface area contributed by atoms with Crippen LogP contribution < -0.4 is 9.47 Å². The van der Waals surface area contributed by atoms with Gasteiger partial charge in [-0.15, -0.1) is 0 Å². The zero-order valence-electron chi connectivity index (χ0n) is 16.3. The highest BCUT2D eigenvalue weighted by molar-refractivity contribution is 6.01. The van der Waals surface area contributed by atoms with Gasteiger partial charge in [0.2, 0.25) is 5.78 Å². The summed E-state index contributed by atoms with van der Waals surface area (Å²) >= 11 is 0. The summed E-state index contributed by atoms with van der Waals surface area (Å²) in [6.07, 6.45) is 2.85. The fourth-order valence-electron chi connectivity index (χ4n) is 2.99. The Balaban J connectivity index is 2.02. The lowest BCUT2D eigenvalue weighted by atomic mass is 9.97. The number of methoxy groups -OCH3 is 2. The Labute approximate surface area is 159 Å². The van der Waals surface area contributed by atoms with Gasteiger partial charge >= 0.3 is 5.97 Å². The van der Waals surface area contributed by atoms with E-state index in [0.717, 1.165) is 16.7 Å². The third-order valence-electron chi connectivity index (χ3n) is 4.14. The molecule has 0 radical (unpaired) electrons. The monoisotopic (exact) mass is 368 g/mol. The van der Waals surface area contributed by atoms with E-state index in [2.05, 4.69) is 0 Å². The van der Waals surface area contributed by atoms with E-state index in [-0.39, 0.29) is 12.4 Å². The lowest BCUT2D eigenvalue weighted by Gasteiger charge is -2.10. The maximum atomic E-state index is 12.4. The summed E-state index contributed by atoms with van der Waals surface area (Å²) in [7, 11) is 3.10. The number of aryl methyl sites for hydroxylation is 3. The molecule has 0 atom stereocenters. The second-order valence-electron chi connectivity index (χ2n) is 6.25. The van der Waals surface area contributed by atoms with Gasteiger partial charge in [0, 0.05) is 23.3 Å². The number of carbonyl (C=O) groups is 2. The van der Waals surface area contributed by atoms with Gasteiger partial charge in [0.15, 0.2) is 6.61 Å². The van der Waals surface area contributed by atoms with Crippen molar-refractivity contribution < 1.29 is 23.8 Å². The van der Waals surface area contributed by atoms with E-state index < -0.39 is 5.97 Å². The third-order valence-corrected chi connectivity index (χ3v) is 4.14. The fraction of sp³-hybridized carbons (Fsp3) is 0.273. The summed E-state index contributed by atoms with van der Waals surface area (Å²) in [6.45, 7) is 5.44. The molecule has 0 saturated carbocycles. The van der Waals surface area contributed by atoms with Crippen LogP contribution in [0.1, 0.15) is 32.6 Å². The van der Waals surface area contributed by atoms with Crippen LogP contribution in [0.2, 0.25) is 0 Å². The van der Waals surface area contributed by atoms with Crippen LogP contribution in [0.5, 0.6) is 11.5 Å². The van der Waals surface area contributed by atoms with Gasteiger partial charge in [-0.1, -0.05) is 17.7 Å². The van der Waals surface area contributed by atoms with E-state index in [9.17, 15) is 9.59 Å². The highest BCUT2D eigenvalue weighted by Crippen LogP contribution is 2.25. The first-order valence-electron chi connectivity index (χ1n) is 8.53. The zero-order valence-corrected chi connectivity index (χ0v) is 16.3. The molecule has 27 heavy (non-hydrogen) atoms. The normalized spacial score (nSPS) is 10.7. The smallest absolute Gasteiger partial charge is 0.331 e. The van der Waals surface area contributed by atoms with Gasteiger partial charge in [-0.25, -0.2) is 4.79 Å². The molecule has 0 amide bonds. The van der Waals surface area contributed by atoms with Crippen LogP contribution in [0.3, 0.4) is 0 Å². The number of esters is 1. The van der Waals surface area contributed by atoms with E-state index >= 15 is 0 Å². The molecule has 0 bridgehead atoms. The molecule has 0 saturated heterocycles. The number of carbonyl (C=O) groups excluding carboxylic acids is 2. The molecule has 0 heterocycles. The van der Waals surface area contributed by atoms with Crippen molar-refractivity contribution in [1.82, 2.24) is 0 Å². The molecular formula is C22H24O5. The average Bonchev–Trinajstić information content (AvgIpc) is 2.63. The second kappa shape index (κ2) is 9.03. The molecule has 0 spiro atoms. The molecule has 0 aromatic heterocycles.